The molecule has 2 N–H and O–H groups in total. The van der Waals surface area contributed by atoms with Crippen LogP contribution in [0.2, 0.25) is 10.0 Å². The quantitative estimate of drug-likeness (QED) is 0.681. The SMILES string of the molecule is CN1C(=O)C(c2ccccc2)(c2cccc(-c3ccc(Cl)cc3Cl)c2)N=C1N. The van der Waals surface area contributed by atoms with Crippen LogP contribution in [-0.4, -0.2) is 23.8 Å². The van der Waals surface area contributed by atoms with Crippen LogP contribution in [0.25, 0.3) is 11.1 Å². The molecule has 28 heavy (non-hydrogen) atoms. The van der Waals surface area contributed by atoms with Gasteiger partial charge >= 0.3 is 0 Å². The van der Waals surface area contributed by atoms with Gasteiger partial charge in [-0.2, -0.15) is 0 Å². The van der Waals surface area contributed by atoms with Crippen molar-refractivity contribution < 1.29 is 4.79 Å². The van der Waals surface area contributed by atoms with Gasteiger partial charge < -0.3 is 5.73 Å². The summed E-state index contributed by atoms with van der Waals surface area (Å²) in [6.07, 6.45) is 0. The van der Waals surface area contributed by atoms with Crippen LogP contribution in [0.3, 0.4) is 0 Å². The number of amides is 1. The number of nitrogens with two attached hydrogens (primary N) is 1. The van der Waals surface area contributed by atoms with Gasteiger partial charge in [-0.3, -0.25) is 9.69 Å². The van der Waals surface area contributed by atoms with Crippen molar-refractivity contribution in [2.24, 2.45) is 10.7 Å². The number of likely N-dealkylation sites (N-methyl/N-ethyl adjacent to an activating group) is 1. The van der Waals surface area contributed by atoms with Crippen LogP contribution in [0.4, 0.5) is 0 Å². The summed E-state index contributed by atoms with van der Waals surface area (Å²) in [5, 5.41) is 1.10. The largest absolute Gasteiger partial charge is 0.369 e. The molecule has 1 aliphatic rings. The van der Waals surface area contributed by atoms with Crippen LogP contribution in [0, 0.1) is 0 Å². The van der Waals surface area contributed by atoms with Gasteiger partial charge in [-0.15, -0.1) is 0 Å². The van der Waals surface area contributed by atoms with Gasteiger partial charge in [-0.05, 0) is 34.9 Å². The molecule has 4 rings (SSSR count). The topological polar surface area (TPSA) is 58.7 Å². The Morgan fingerprint density at radius 3 is 2.29 bits per heavy atom. The molecule has 140 valence electrons. The number of hydrogen-bond donors (Lipinski definition) is 1. The number of carbonyl (C=O) groups excluding carboxylic acids is 1. The van der Waals surface area contributed by atoms with Gasteiger partial charge in [-0.1, -0.05) is 77.8 Å². The number of carbonyl (C=O) groups is 1. The third-order valence-corrected chi connectivity index (χ3v) is 5.50. The van der Waals surface area contributed by atoms with Crippen molar-refractivity contribution in [1.29, 1.82) is 0 Å². The molecule has 0 radical (unpaired) electrons. The normalized spacial score (nSPS) is 19.0. The first-order valence-corrected chi connectivity index (χ1v) is 9.44. The second kappa shape index (κ2) is 6.97. The molecule has 4 nitrogen and oxygen atoms in total. The first-order chi connectivity index (χ1) is 13.4. The van der Waals surface area contributed by atoms with E-state index in [-0.39, 0.29) is 11.9 Å². The highest BCUT2D eigenvalue weighted by molar-refractivity contribution is 6.36. The monoisotopic (exact) mass is 409 g/mol. The third kappa shape index (κ3) is 2.86. The van der Waals surface area contributed by atoms with Crippen molar-refractivity contribution in [3.05, 3.63) is 94.0 Å². The Kier molecular flexibility index (Phi) is 4.61. The van der Waals surface area contributed by atoms with Crippen LogP contribution in [0.5, 0.6) is 0 Å². The molecule has 1 aliphatic heterocycles. The van der Waals surface area contributed by atoms with E-state index in [0.29, 0.717) is 10.0 Å². The van der Waals surface area contributed by atoms with E-state index in [0.717, 1.165) is 22.3 Å². The maximum Gasteiger partial charge on any atom is 0.266 e. The van der Waals surface area contributed by atoms with E-state index >= 15 is 0 Å². The van der Waals surface area contributed by atoms with Crippen LogP contribution in [0.15, 0.2) is 77.8 Å². The summed E-state index contributed by atoms with van der Waals surface area (Å²) in [4.78, 5) is 19.3. The van der Waals surface area contributed by atoms with Gasteiger partial charge in [0, 0.05) is 22.7 Å². The Bertz CT molecular complexity index is 1100. The van der Waals surface area contributed by atoms with Gasteiger partial charge in [0.25, 0.3) is 5.91 Å². The first-order valence-electron chi connectivity index (χ1n) is 8.68. The minimum absolute atomic E-state index is 0.184. The zero-order valence-corrected chi connectivity index (χ0v) is 16.6. The second-order valence-corrected chi connectivity index (χ2v) is 7.46. The Balaban J connectivity index is 1.94. The molecule has 1 atom stereocenters. The summed E-state index contributed by atoms with van der Waals surface area (Å²) < 4.78 is 0. The van der Waals surface area contributed by atoms with E-state index in [1.165, 1.54) is 4.90 Å². The molecule has 1 amide bonds. The molecule has 0 saturated carbocycles. The van der Waals surface area contributed by atoms with Crippen molar-refractivity contribution in [3.8, 4) is 11.1 Å². The van der Waals surface area contributed by atoms with Gasteiger partial charge in [0.15, 0.2) is 11.5 Å². The van der Waals surface area contributed by atoms with E-state index in [4.69, 9.17) is 28.9 Å². The summed E-state index contributed by atoms with van der Waals surface area (Å²) in [7, 11) is 1.63. The van der Waals surface area contributed by atoms with Crippen LogP contribution < -0.4 is 5.73 Å². The van der Waals surface area contributed by atoms with Crippen molar-refractivity contribution in [2.75, 3.05) is 7.05 Å². The Morgan fingerprint density at radius 1 is 0.929 bits per heavy atom. The molecular weight excluding hydrogens is 393 g/mol. The smallest absolute Gasteiger partial charge is 0.266 e. The number of rotatable bonds is 3. The lowest BCUT2D eigenvalue weighted by Crippen LogP contribution is -2.41. The van der Waals surface area contributed by atoms with Gasteiger partial charge in [-0.25, -0.2) is 4.99 Å². The summed E-state index contributed by atoms with van der Waals surface area (Å²) >= 11 is 12.4. The van der Waals surface area contributed by atoms with E-state index in [1.807, 2.05) is 60.7 Å². The van der Waals surface area contributed by atoms with E-state index in [9.17, 15) is 4.79 Å². The highest BCUT2D eigenvalue weighted by Gasteiger charge is 2.49. The van der Waals surface area contributed by atoms with Gasteiger partial charge in [0.1, 0.15) is 0 Å². The molecule has 1 unspecified atom stereocenters. The number of halogens is 2. The minimum Gasteiger partial charge on any atom is -0.369 e. The van der Waals surface area contributed by atoms with E-state index < -0.39 is 5.54 Å². The summed E-state index contributed by atoms with van der Waals surface area (Å²) in [6, 6.07) is 22.4. The number of benzene rings is 3. The van der Waals surface area contributed by atoms with Crippen LogP contribution in [0.1, 0.15) is 11.1 Å². The molecule has 0 fully saturated rings. The molecule has 0 aromatic heterocycles. The molecule has 1 heterocycles. The fourth-order valence-electron chi connectivity index (χ4n) is 3.50. The number of nitrogens with zero attached hydrogens (tertiary/aromatic N) is 2. The number of hydrogen-bond acceptors (Lipinski definition) is 3. The molecule has 0 spiro atoms. The highest BCUT2D eigenvalue weighted by atomic mass is 35.5. The molecule has 0 bridgehead atoms. The van der Waals surface area contributed by atoms with Crippen molar-refractivity contribution in [3.63, 3.8) is 0 Å². The highest BCUT2D eigenvalue weighted by Crippen LogP contribution is 2.41. The predicted octanol–water partition coefficient (Wildman–Crippen LogP) is 4.69. The first kappa shape index (κ1) is 18.5. The molecule has 3 aromatic carbocycles. The van der Waals surface area contributed by atoms with Gasteiger partial charge in [0.2, 0.25) is 0 Å². The predicted molar refractivity (Wildman–Crippen MR) is 114 cm³/mol. The molecule has 6 heteroatoms. The average molecular weight is 410 g/mol. The molecule has 0 saturated heterocycles. The summed E-state index contributed by atoms with van der Waals surface area (Å²) in [5.41, 5.74) is 7.97. The molecule has 0 aliphatic carbocycles. The van der Waals surface area contributed by atoms with Gasteiger partial charge in [0.05, 0.1) is 0 Å². The Morgan fingerprint density at radius 2 is 1.64 bits per heavy atom. The average Bonchev–Trinajstić information content (AvgIpc) is 2.94. The van der Waals surface area contributed by atoms with Crippen LogP contribution in [-0.2, 0) is 10.3 Å². The van der Waals surface area contributed by atoms with E-state index in [1.54, 1.807) is 19.2 Å². The molecule has 3 aromatic rings. The lowest BCUT2D eigenvalue weighted by Gasteiger charge is -2.26. The van der Waals surface area contributed by atoms with Crippen LogP contribution >= 0.6 is 23.2 Å². The zero-order chi connectivity index (χ0) is 19.9. The lowest BCUT2D eigenvalue weighted by atomic mass is 9.82. The number of guanidine groups is 1. The van der Waals surface area contributed by atoms with Crippen molar-refractivity contribution >= 4 is 35.1 Å². The fourth-order valence-corrected chi connectivity index (χ4v) is 4.02. The maximum absolute atomic E-state index is 13.3. The van der Waals surface area contributed by atoms with Crippen molar-refractivity contribution in [1.82, 2.24) is 4.90 Å². The minimum atomic E-state index is -1.23. The lowest BCUT2D eigenvalue weighted by molar-refractivity contribution is -0.129. The number of aliphatic imine (C=N–C) groups is 1. The summed E-state index contributed by atoms with van der Waals surface area (Å²) in [5.74, 6) is -0.0145. The Hall–Kier alpha value is -2.82. The molecular formula is C22H17Cl2N3O. The standard InChI is InChI=1S/C22H17Cl2N3O/c1-27-20(28)22(26-21(27)25,15-7-3-2-4-8-15)16-9-5-6-14(12-16)18-11-10-17(23)13-19(18)24/h2-13H,1H3,(H2,25,26). The third-order valence-electron chi connectivity index (χ3n) is 4.95. The maximum atomic E-state index is 13.3. The zero-order valence-electron chi connectivity index (χ0n) is 15.1. The fraction of sp³-hybridized carbons (Fsp3) is 0.0909. The summed E-state index contributed by atoms with van der Waals surface area (Å²) in [6.45, 7) is 0. The van der Waals surface area contributed by atoms with E-state index in [2.05, 4.69) is 4.99 Å². The van der Waals surface area contributed by atoms with Crippen molar-refractivity contribution in [2.45, 2.75) is 5.54 Å². The second-order valence-electron chi connectivity index (χ2n) is 6.62. The Labute approximate surface area is 173 Å².